The van der Waals surface area contributed by atoms with Crippen LogP contribution in [0.1, 0.15) is 136 Å². The third kappa shape index (κ3) is 20.8. The lowest BCUT2D eigenvalue weighted by Crippen LogP contribution is -2.45. The van der Waals surface area contributed by atoms with Crippen LogP contribution in [0.2, 0.25) is 0 Å². The van der Waals surface area contributed by atoms with Gasteiger partial charge in [0.05, 0.1) is 18.8 Å². The Kier molecular flexibility index (Phi) is 23.1. The van der Waals surface area contributed by atoms with Gasteiger partial charge in [0.2, 0.25) is 5.91 Å². The highest BCUT2D eigenvalue weighted by Crippen LogP contribution is 2.11. The SMILES string of the molecule is CCCCCCCCCC/C=C/C(O)C(CO)NC(=O)CCCCCCCCCCC. The van der Waals surface area contributed by atoms with Crippen molar-refractivity contribution in [2.24, 2.45) is 0 Å². The van der Waals surface area contributed by atoms with Crippen LogP contribution < -0.4 is 5.32 Å². The summed E-state index contributed by atoms with van der Waals surface area (Å²) >= 11 is 0. The summed E-state index contributed by atoms with van der Waals surface area (Å²) in [5.41, 5.74) is 0. The van der Waals surface area contributed by atoms with Gasteiger partial charge < -0.3 is 15.5 Å². The van der Waals surface area contributed by atoms with Crippen LogP contribution in [0.3, 0.4) is 0 Å². The number of allylic oxidation sites excluding steroid dienone is 1. The maximum absolute atomic E-state index is 12.1. The zero-order chi connectivity index (χ0) is 23.0. The van der Waals surface area contributed by atoms with Crippen LogP contribution >= 0.6 is 0 Å². The molecular formula is C27H53NO3. The lowest BCUT2D eigenvalue weighted by atomic mass is 10.1. The summed E-state index contributed by atoms with van der Waals surface area (Å²) in [6, 6.07) is -0.610. The molecule has 0 heterocycles. The molecule has 2 atom stereocenters. The number of carbonyl (C=O) groups excluding carboxylic acids is 1. The molecule has 31 heavy (non-hydrogen) atoms. The number of amides is 1. The average Bonchev–Trinajstić information content (AvgIpc) is 2.77. The largest absolute Gasteiger partial charge is 0.394 e. The van der Waals surface area contributed by atoms with Crippen LogP contribution in [0.4, 0.5) is 0 Å². The molecule has 0 aliphatic carbocycles. The molecule has 0 fully saturated rings. The van der Waals surface area contributed by atoms with Gasteiger partial charge in [0.25, 0.3) is 0 Å². The molecule has 2 unspecified atom stereocenters. The highest BCUT2D eigenvalue weighted by atomic mass is 16.3. The van der Waals surface area contributed by atoms with Gasteiger partial charge in [-0.05, 0) is 19.3 Å². The molecule has 0 spiro atoms. The van der Waals surface area contributed by atoms with Gasteiger partial charge in [0.1, 0.15) is 0 Å². The minimum atomic E-state index is -0.828. The lowest BCUT2D eigenvalue weighted by Gasteiger charge is -2.20. The summed E-state index contributed by atoms with van der Waals surface area (Å²) in [5, 5.41) is 22.6. The maximum atomic E-state index is 12.1. The molecule has 0 aromatic heterocycles. The number of rotatable bonds is 23. The van der Waals surface area contributed by atoms with Crippen LogP contribution in [0.15, 0.2) is 12.2 Å². The fourth-order valence-corrected chi connectivity index (χ4v) is 3.88. The number of aliphatic hydroxyl groups excluding tert-OH is 2. The fourth-order valence-electron chi connectivity index (χ4n) is 3.88. The fraction of sp³-hybridized carbons (Fsp3) is 0.889. The van der Waals surface area contributed by atoms with Crippen molar-refractivity contribution in [3.8, 4) is 0 Å². The highest BCUT2D eigenvalue weighted by Gasteiger charge is 2.17. The van der Waals surface area contributed by atoms with Gasteiger partial charge in [0.15, 0.2) is 0 Å². The Morgan fingerprint density at radius 3 is 1.68 bits per heavy atom. The number of carbonyl (C=O) groups is 1. The monoisotopic (exact) mass is 439 g/mol. The van der Waals surface area contributed by atoms with Gasteiger partial charge in [-0.25, -0.2) is 0 Å². The topological polar surface area (TPSA) is 69.6 Å². The summed E-state index contributed by atoms with van der Waals surface area (Å²) in [4.78, 5) is 12.1. The Hall–Kier alpha value is -0.870. The van der Waals surface area contributed by atoms with Gasteiger partial charge >= 0.3 is 0 Å². The van der Waals surface area contributed by atoms with Crippen molar-refractivity contribution in [2.45, 2.75) is 148 Å². The van der Waals surface area contributed by atoms with Crippen LogP contribution in [0.5, 0.6) is 0 Å². The first-order valence-electron chi connectivity index (χ1n) is 13.4. The molecule has 0 saturated carbocycles. The van der Waals surface area contributed by atoms with Crippen LogP contribution in [0, 0.1) is 0 Å². The molecule has 1 amide bonds. The second-order valence-electron chi connectivity index (χ2n) is 9.12. The van der Waals surface area contributed by atoms with Crippen molar-refractivity contribution in [1.82, 2.24) is 5.32 Å². The molecule has 0 bridgehead atoms. The first-order valence-corrected chi connectivity index (χ1v) is 13.4. The Morgan fingerprint density at radius 1 is 0.742 bits per heavy atom. The van der Waals surface area contributed by atoms with Crippen molar-refractivity contribution >= 4 is 5.91 Å². The quantitative estimate of drug-likeness (QED) is 0.121. The van der Waals surface area contributed by atoms with Gasteiger partial charge in [-0.3, -0.25) is 4.79 Å². The maximum Gasteiger partial charge on any atom is 0.220 e. The van der Waals surface area contributed by atoms with E-state index in [9.17, 15) is 15.0 Å². The average molecular weight is 440 g/mol. The molecule has 4 heteroatoms. The molecule has 0 aliphatic rings. The van der Waals surface area contributed by atoms with E-state index in [1.165, 1.54) is 89.9 Å². The third-order valence-electron chi connectivity index (χ3n) is 6.02. The molecule has 0 aromatic rings. The van der Waals surface area contributed by atoms with Gasteiger partial charge in [-0.15, -0.1) is 0 Å². The van der Waals surface area contributed by atoms with E-state index in [1.807, 2.05) is 6.08 Å². The Balaban J connectivity index is 3.74. The number of hydrogen-bond donors (Lipinski definition) is 3. The summed E-state index contributed by atoms with van der Waals surface area (Å²) in [5.74, 6) is -0.0717. The van der Waals surface area contributed by atoms with E-state index in [2.05, 4.69) is 19.2 Å². The molecule has 184 valence electrons. The van der Waals surface area contributed by atoms with Gasteiger partial charge in [0, 0.05) is 6.42 Å². The summed E-state index contributed by atoms with van der Waals surface area (Å²) in [6.45, 7) is 4.23. The normalized spacial score (nSPS) is 13.5. The summed E-state index contributed by atoms with van der Waals surface area (Å²) < 4.78 is 0. The van der Waals surface area contributed by atoms with E-state index < -0.39 is 12.1 Å². The van der Waals surface area contributed by atoms with E-state index in [4.69, 9.17) is 0 Å². The minimum Gasteiger partial charge on any atom is -0.394 e. The highest BCUT2D eigenvalue weighted by molar-refractivity contribution is 5.76. The third-order valence-corrected chi connectivity index (χ3v) is 6.02. The van der Waals surface area contributed by atoms with Crippen molar-refractivity contribution in [3.05, 3.63) is 12.2 Å². The zero-order valence-corrected chi connectivity index (χ0v) is 20.8. The Labute approximate surface area is 193 Å². The minimum absolute atomic E-state index is 0.0717. The van der Waals surface area contributed by atoms with Crippen LogP contribution in [-0.2, 0) is 4.79 Å². The second-order valence-corrected chi connectivity index (χ2v) is 9.12. The molecule has 0 radical (unpaired) electrons. The Morgan fingerprint density at radius 2 is 1.19 bits per heavy atom. The van der Waals surface area contributed by atoms with Crippen molar-refractivity contribution < 1.29 is 15.0 Å². The second kappa shape index (κ2) is 23.8. The molecule has 0 aromatic carbocycles. The number of unbranched alkanes of at least 4 members (excludes halogenated alkanes) is 16. The van der Waals surface area contributed by atoms with Crippen molar-refractivity contribution in [3.63, 3.8) is 0 Å². The van der Waals surface area contributed by atoms with E-state index in [-0.39, 0.29) is 12.5 Å². The van der Waals surface area contributed by atoms with Crippen molar-refractivity contribution in [2.75, 3.05) is 6.61 Å². The van der Waals surface area contributed by atoms with E-state index in [0.717, 1.165) is 25.7 Å². The van der Waals surface area contributed by atoms with Crippen molar-refractivity contribution in [1.29, 1.82) is 0 Å². The van der Waals surface area contributed by atoms with E-state index in [1.54, 1.807) is 6.08 Å². The van der Waals surface area contributed by atoms with E-state index >= 15 is 0 Å². The standard InChI is InChI=1S/C27H53NO3/c1-3-5-7-9-11-13-15-16-18-20-22-26(30)25(24-29)28-27(31)23-21-19-17-14-12-10-8-6-4-2/h20,22,25-26,29-30H,3-19,21,23-24H2,1-2H3,(H,28,31)/b22-20+. The smallest absolute Gasteiger partial charge is 0.220 e. The van der Waals surface area contributed by atoms with Gasteiger partial charge in [-0.1, -0.05) is 122 Å². The zero-order valence-electron chi connectivity index (χ0n) is 20.8. The molecule has 0 rings (SSSR count). The first-order chi connectivity index (χ1) is 15.2. The van der Waals surface area contributed by atoms with Gasteiger partial charge in [-0.2, -0.15) is 0 Å². The summed E-state index contributed by atoms with van der Waals surface area (Å²) in [6.07, 6.45) is 25.6. The molecule has 0 saturated heterocycles. The molecule has 3 N–H and O–H groups in total. The molecular weight excluding hydrogens is 386 g/mol. The molecule has 0 aliphatic heterocycles. The number of hydrogen-bond acceptors (Lipinski definition) is 3. The van der Waals surface area contributed by atoms with Crippen LogP contribution in [-0.4, -0.2) is 34.9 Å². The first kappa shape index (κ1) is 30.1. The predicted molar refractivity (Wildman–Crippen MR) is 133 cm³/mol. The van der Waals surface area contributed by atoms with E-state index in [0.29, 0.717) is 6.42 Å². The Bertz CT molecular complexity index is 411. The molecule has 4 nitrogen and oxygen atoms in total. The number of aliphatic hydroxyl groups is 2. The lowest BCUT2D eigenvalue weighted by molar-refractivity contribution is -0.123. The summed E-state index contributed by atoms with van der Waals surface area (Å²) in [7, 11) is 0. The number of nitrogens with one attached hydrogen (secondary N) is 1. The predicted octanol–water partition coefficient (Wildman–Crippen LogP) is 6.83. The van der Waals surface area contributed by atoms with Crippen LogP contribution in [0.25, 0.3) is 0 Å².